The molecule has 3 N–H and O–H groups in total. The van der Waals surface area contributed by atoms with Crippen molar-refractivity contribution in [2.24, 2.45) is 17.8 Å². The van der Waals surface area contributed by atoms with Gasteiger partial charge in [-0.15, -0.1) is 0 Å². The summed E-state index contributed by atoms with van der Waals surface area (Å²) < 4.78 is 0. The maximum absolute atomic E-state index is 12.4. The molecule has 6 nitrogen and oxygen atoms in total. The maximum Gasteiger partial charge on any atom is 0.306 e. The number of carboxylic acid groups (broad SMARTS) is 1. The molecule has 2 amide bonds. The smallest absolute Gasteiger partial charge is 0.306 e. The Bertz CT molecular complexity index is 712. The Balaban J connectivity index is 1.50. The van der Waals surface area contributed by atoms with Crippen molar-refractivity contribution >= 4 is 23.5 Å². The van der Waals surface area contributed by atoms with Gasteiger partial charge >= 0.3 is 5.97 Å². The van der Waals surface area contributed by atoms with Crippen molar-refractivity contribution in [2.45, 2.75) is 64.3 Å². The number of aliphatic carboxylic acids is 1. The third-order valence-electron chi connectivity index (χ3n) is 6.03. The van der Waals surface area contributed by atoms with E-state index in [2.05, 4.69) is 10.6 Å². The highest BCUT2D eigenvalue weighted by atomic mass is 16.4. The number of anilines is 1. The predicted octanol–water partition coefficient (Wildman–Crippen LogP) is 3.71. The van der Waals surface area contributed by atoms with Crippen LogP contribution in [0.2, 0.25) is 0 Å². The van der Waals surface area contributed by atoms with Gasteiger partial charge in [0, 0.05) is 24.1 Å². The molecule has 2 saturated carbocycles. The lowest BCUT2D eigenvalue weighted by Gasteiger charge is -2.25. The lowest BCUT2D eigenvalue weighted by Crippen LogP contribution is -2.35. The van der Waals surface area contributed by atoms with Gasteiger partial charge in [-0.05, 0) is 49.8 Å². The summed E-state index contributed by atoms with van der Waals surface area (Å²) in [6.45, 7) is 0.375. The molecule has 2 unspecified atom stereocenters. The summed E-state index contributed by atoms with van der Waals surface area (Å²) in [5.41, 5.74) is 1.67. The fourth-order valence-electron chi connectivity index (χ4n) is 4.35. The van der Waals surface area contributed by atoms with E-state index in [-0.39, 0.29) is 23.7 Å². The fraction of sp³-hybridized carbons (Fsp3) is 0.591. The van der Waals surface area contributed by atoms with Crippen molar-refractivity contribution in [1.29, 1.82) is 0 Å². The van der Waals surface area contributed by atoms with Gasteiger partial charge in [-0.25, -0.2) is 0 Å². The molecule has 0 radical (unpaired) electrons. The highest BCUT2D eigenvalue weighted by molar-refractivity contribution is 5.92. The van der Waals surface area contributed by atoms with Gasteiger partial charge in [-0.1, -0.05) is 37.8 Å². The fourth-order valence-corrected chi connectivity index (χ4v) is 4.35. The van der Waals surface area contributed by atoms with Crippen LogP contribution in [0, 0.1) is 17.8 Å². The molecule has 0 saturated heterocycles. The zero-order chi connectivity index (χ0) is 19.9. The first-order valence-electron chi connectivity index (χ1n) is 10.4. The Hall–Kier alpha value is -2.37. The van der Waals surface area contributed by atoms with E-state index in [1.807, 2.05) is 24.3 Å². The minimum absolute atomic E-state index is 0.0809. The topological polar surface area (TPSA) is 95.5 Å². The Morgan fingerprint density at radius 2 is 1.61 bits per heavy atom. The van der Waals surface area contributed by atoms with Gasteiger partial charge in [0.05, 0.1) is 5.92 Å². The first-order chi connectivity index (χ1) is 13.5. The van der Waals surface area contributed by atoms with Crippen LogP contribution < -0.4 is 10.6 Å². The zero-order valence-electron chi connectivity index (χ0n) is 16.3. The van der Waals surface area contributed by atoms with Crippen LogP contribution in [0.3, 0.4) is 0 Å². The van der Waals surface area contributed by atoms with Gasteiger partial charge in [-0.3, -0.25) is 14.4 Å². The molecule has 0 spiro atoms. The molecule has 28 heavy (non-hydrogen) atoms. The van der Waals surface area contributed by atoms with E-state index in [1.54, 1.807) is 0 Å². The first kappa shape index (κ1) is 20.4. The molecular weight excluding hydrogens is 356 g/mol. The highest BCUT2D eigenvalue weighted by Crippen LogP contribution is 2.29. The second kappa shape index (κ2) is 9.71. The third kappa shape index (κ3) is 5.57. The molecule has 3 rings (SSSR count). The Kier molecular flexibility index (Phi) is 7.06. The van der Waals surface area contributed by atoms with Gasteiger partial charge in [-0.2, -0.15) is 0 Å². The monoisotopic (exact) mass is 386 g/mol. The molecule has 0 aromatic heterocycles. The number of amides is 2. The standard InChI is InChI=1S/C22H30N2O4/c25-20(17-9-5-10-18(13-17)22(27)28)23-14-15-6-4-11-19(12-15)24-21(26)16-7-2-1-3-8-16/h4,6,11-12,16-18H,1-3,5,7-10,13-14H2,(H,23,25)(H,24,26)(H,27,28). The summed E-state index contributed by atoms with van der Waals surface area (Å²) >= 11 is 0. The van der Waals surface area contributed by atoms with Crippen LogP contribution in [-0.2, 0) is 20.9 Å². The molecule has 1 aromatic carbocycles. The number of carbonyl (C=O) groups is 3. The van der Waals surface area contributed by atoms with Crippen molar-refractivity contribution in [3.8, 4) is 0 Å². The molecule has 2 aliphatic rings. The van der Waals surface area contributed by atoms with Gasteiger partial charge in [0.25, 0.3) is 0 Å². The molecule has 2 atom stereocenters. The molecule has 2 fully saturated rings. The molecule has 1 aromatic rings. The molecule has 0 bridgehead atoms. The van der Waals surface area contributed by atoms with Gasteiger partial charge < -0.3 is 15.7 Å². The van der Waals surface area contributed by atoms with E-state index in [9.17, 15) is 19.5 Å². The summed E-state index contributed by atoms with van der Waals surface area (Å²) in [6.07, 6.45) is 7.96. The van der Waals surface area contributed by atoms with E-state index in [1.165, 1.54) is 6.42 Å². The Labute approximate surface area is 166 Å². The number of rotatable bonds is 6. The molecule has 6 heteroatoms. The summed E-state index contributed by atoms with van der Waals surface area (Å²) in [7, 11) is 0. The lowest BCUT2D eigenvalue weighted by atomic mass is 9.81. The van der Waals surface area contributed by atoms with Crippen molar-refractivity contribution in [3.05, 3.63) is 29.8 Å². The van der Waals surface area contributed by atoms with E-state index in [0.717, 1.165) is 49.8 Å². The van der Waals surface area contributed by atoms with E-state index < -0.39 is 11.9 Å². The number of carbonyl (C=O) groups excluding carboxylic acids is 2. The Morgan fingerprint density at radius 1 is 0.893 bits per heavy atom. The van der Waals surface area contributed by atoms with Crippen molar-refractivity contribution < 1.29 is 19.5 Å². The summed E-state index contributed by atoms with van der Waals surface area (Å²) in [5.74, 6) is -1.35. The van der Waals surface area contributed by atoms with Crippen LogP contribution in [-0.4, -0.2) is 22.9 Å². The largest absolute Gasteiger partial charge is 0.481 e. The van der Waals surface area contributed by atoms with Crippen molar-refractivity contribution in [1.82, 2.24) is 5.32 Å². The zero-order valence-corrected chi connectivity index (χ0v) is 16.3. The van der Waals surface area contributed by atoms with Crippen LogP contribution in [0.5, 0.6) is 0 Å². The molecule has 0 heterocycles. The normalized spacial score (nSPS) is 23.0. The maximum atomic E-state index is 12.4. The second-order valence-corrected chi connectivity index (χ2v) is 8.14. The Morgan fingerprint density at radius 3 is 2.36 bits per heavy atom. The minimum atomic E-state index is -0.807. The lowest BCUT2D eigenvalue weighted by molar-refractivity contribution is -0.144. The number of hydrogen-bond donors (Lipinski definition) is 3. The third-order valence-corrected chi connectivity index (χ3v) is 6.03. The molecule has 0 aliphatic heterocycles. The number of benzene rings is 1. The quantitative estimate of drug-likeness (QED) is 0.694. The average Bonchev–Trinajstić information content (AvgIpc) is 2.73. The van der Waals surface area contributed by atoms with Crippen LogP contribution in [0.1, 0.15) is 63.4 Å². The summed E-state index contributed by atoms with van der Waals surface area (Å²) in [6, 6.07) is 7.54. The van der Waals surface area contributed by atoms with Crippen LogP contribution in [0.25, 0.3) is 0 Å². The van der Waals surface area contributed by atoms with Gasteiger partial charge in [0.2, 0.25) is 11.8 Å². The molecular formula is C22H30N2O4. The summed E-state index contributed by atoms with van der Waals surface area (Å²) in [4.78, 5) is 36.0. The summed E-state index contributed by atoms with van der Waals surface area (Å²) in [5, 5.41) is 15.1. The van der Waals surface area contributed by atoms with E-state index >= 15 is 0 Å². The average molecular weight is 386 g/mol. The number of nitrogens with one attached hydrogen (secondary N) is 2. The van der Waals surface area contributed by atoms with E-state index in [0.29, 0.717) is 19.4 Å². The van der Waals surface area contributed by atoms with Crippen molar-refractivity contribution in [2.75, 3.05) is 5.32 Å². The van der Waals surface area contributed by atoms with Crippen LogP contribution in [0.15, 0.2) is 24.3 Å². The number of hydrogen-bond acceptors (Lipinski definition) is 3. The van der Waals surface area contributed by atoms with Crippen LogP contribution in [0.4, 0.5) is 5.69 Å². The number of carboxylic acids is 1. The van der Waals surface area contributed by atoms with Gasteiger partial charge in [0.1, 0.15) is 0 Å². The van der Waals surface area contributed by atoms with Crippen molar-refractivity contribution in [3.63, 3.8) is 0 Å². The second-order valence-electron chi connectivity index (χ2n) is 8.14. The SMILES string of the molecule is O=C(O)C1CCCC(C(=O)NCc2cccc(NC(=O)C3CCCCC3)c2)C1. The highest BCUT2D eigenvalue weighted by Gasteiger charge is 2.30. The molecule has 2 aliphatic carbocycles. The van der Waals surface area contributed by atoms with Crippen LogP contribution >= 0.6 is 0 Å². The van der Waals surface area contributed by atoms with E-state index in [4.69, 9.17) is 0 Å². The minimum Gasteiger partial charge on any atom is -0.481 e. The molecule has 152 valence electrons. The predicted molar refractivity (Wildman–Crippen MR) is 107 cm³/mol. The van der Waals surface area contributed by atoms with Gasteiger partial charge in [0.15, 0.2) is 0 Å². The first-order valence-corrected chi connectivity index (χ1v) is 10.4.